The molecular weight excluding hydrogens is 446 g/mol. The van der Waals surface area contributed by atoms with Gasteiger partial charge in [0.2, 0.25) is 21.8 Å². The Kier molecular flexibility index (Phi) is 5.87. The Labute approximate surface area is 182 Å². The average Bonchev–Trinajstić information content (AvgIpc) is 3.45. The van der Waals surface area contributed by atoms with Gasteiger partial charge in [0.15, 0.2) is 0 Å². The van der Waals surface area contributed by atoms with Crippen molar-refractivity contribution < 1.29 is 17.6 Å². The zero-order chi connectivity index (χ0) is 21.1. The quantitative estimate of drug-likeness (QED) is 0.432. The van der Waals surface area contributed by atoms with Crippen LogP contribution in [0.4, 0.5) is 0 Å². The molecular formula is C20H16ClN3O4S2. The second-order valence-electron chi connectivity index (χ2n) is 6.19. The number of ether oxygens (including phenoxy) is 1. The van der Waals surface area contributed by atoms with Gasteiger partial charge >= 0.3 is 0 Å². The van der Waals surface area contributed by atoms with Gasteiger partial charge in [-0.3, -0.25) is 0 Å². The fourth-order valence-corrected chi connectivity index (χ4v) is 4.65. The molecule has 4 aromatic rings. The minimum Gasteiger partial charge on any atom is -0.497 e. The topological polar surface area (TPSA) is 94.3 Å². The SMILES string of the molecule is COc1ccc(-c2nnc(-c3cc(S(=O)(=O)NCc4cccs4)ccc3Cl)o2)cc1. The molecule has 0 saturated heterocycles. The summed E-state index contributed by atoms with van der Waals surface area (Å²) >= 11 is 7.75. The van der Waals surface area contributed by atoms with Gasteiger partial charge in [0.05, 0.1) is 22.6 Å². The fraction of sp³-hybridized carbons (Fsp3) is 0.100. The van der Waals surface area contributed by atoms with Crippen molar-refractivity contribution in [2.75, 3.05) is 7.11 Å². The Morgan fingerprint density at radius 2 is 1.87 bits per heavy atom. The van der Waals surface area contributed by atoms with Crippen LogP contribution in [0.25, 0.3) is 22.9 Å². The summed E-state index contributed by atoms with van der Waals surface area (Å²) in [5.41, 5.74) is 1.04. The van der Waals surface area contributed by atoms with Crippen LogP contribution in [-0.4, -0.2) is 25.7 Å². The lowest BCUT2D eigenvalue weighted by atomic mass is 10.2. The summed E-state index contributed by atoms with van der Waals surface area (Å²) in [7, 11) is -2.16. The van der Waals surface area contributed by atoms with Crippen molar-refractivity contribution >= 4 is 33.0 Å². The lowest BCUT2D eigenvalue weighted by molar-refractivity contribution is 0.415. The largest absolute Gasteiger partial charge is 0.497 e. The first-order valence-corrected chi connectivity index (χ1v) is 11.5. The van der Waals surface area contributed by atoms with Gasteiger partial charge in [-0.05, 0) is 53.9 Å². The van der Waals surface area contributed by atoms with E-state index in [0.29, 0.717) is 21.9 Å². The predicted octanol–water partition coefficient (Wildman–Crippen LogP) is 4.61. The van der Waals surface area contributed by atoms with Gasteiger partial charge < -0.3 is 9.15 Å². The summed E-state index contributed by atoms with van der Waals surface area (Å²) in [6.07, 6.45) is 0. The Morgan fingerprint density at radius 3 is 2.57 bits per heavy atom. The first-order chi connectivity index (χ1) is 14.5. The number of aromatic nitrogens is 2. The summed E-state index contributed by atoms with van der Waals surface area (Å²) in [4.78, 5) is 0.969. The summed E-state index contributed by atoms with van der Waals surface area (Å²) in [6.45, 7) is 0.208. The molecule has 2 aromatic heterocycles. The van der Waals surface area contributed by atoms with Gasteiger partial charge in [-0.15, -0.1) is 21.5 Å². The Bertz CT molecular complexity index is 1250. The van der Waals surface area contributed by atoms with E-state index >= 15 is 0 Å². The highest BCUT2D eigenvalue weighted by Crippen LogP contribution is 2.32. The average molecular weight is 462 g/mol. The van der Waals surface area contributed by atoms with E-state index in [2.05, 4.69) is 14.9 Å². The smallest absolute Gasteiger partial charge is 0.249 e. The van der Waals surface area contributed by atoms with Crippen LogP contribution in [0.2, 0.25) is 5.02 Å². The van der Waals surface area contributed by atoms with Crippen LogP contribution in [0.15, 0.2) is 69.3 Å². The van der Waals surface area contributed by atoms with E-state index in [9.17, 15) is 8.42 Å². The number of nitrogens with one attached hydrogen (secondary N) is 1. The minimum absolute atomic E-state index is 0.0580. The number of nitrogens with zero attached hydrogens (tertiary/aromatic N) is 2. The van der Waals surface area contributed by atoms with E-state index in [1.54, 1.807) is 31.4 Å². The molecule has 0 aliphatic rings. The maximum absolute atomic E-state index is 12.7. The molecule has 0 radical (unpaired) electrons. The van der Waals surface area contributed by atoms with Crippen LogP contribution in [0, 0.1) is 0 Å². The number of benzene rings is 2. The number of halogens is 1. The highest BCUT2D eigenvalue weighted by atomic mass is 35.5. The molecule has 0 aliphatic heterocycles. The van der Waals surface area contributed by atoms with Crippen molar-refractivity contribution in [3.8, 4) is 28.7 Å². The van der Waals surface area contributed by atoms with Gasteiger partial charge in [0.1, 0.15) is 5.75 Å². The van der Waals surface area contributed by atoms with E-state index < -0.39 is 10.0 Å². The summed E-state index contributed by atoms with van der Waals surface area (Å²) in [5.74, 6) is 1.11. The van der Waals surface area contributed by atoms with Gasteiger partial charge in [0.25, 0.3) is 0 Å². The number of hydrogen-bond donors (Lipinski definition) is 1. The molecule has 154 valence electrons. The van der Waals surface area contributed by atoms with Crippen molar-refractivity contribution in [1.82, 2.24) is 14.9 Å². The maximum Gasteiger partial charge on any atom is 0.249 e. The molecule has 0 saturated carbocycles. The molecule has 4 rings (SSSR count). The van der Waals surface area contributed by atoms with Crippen LogP contribution < -0.4 is 9.46 Å². The van der Waals surface area contributed by atoms with Crippen molar-refractivity contribution in [3.05, 3.63) is 69.9 Å². The normalized spacial score (nSPS) is 11.5. The van der Waals surface area contributed by atoms with Crippen molar-refractivity contribution in [2.45, 2.75) is 11.4 Å². The van der Waals surface area contributed by atoms with Crippen molar-refractivity contribution in [2.24, 2.45) is 0 Å². The lowest BCUT2D eigenvalue weighted by Crippen LogP contribution is -2.22. The molecule has 0 unspecified atom stereocenters. The van der Waals surface area contributed by atoms with Gasteiger partial charge in [0, 0.05) is 17.0 Å². The third-order valence-corrected chi connectivity index (χ3v) is 6.86. The van der Waals surface area contributed by atoms with E-state index in [0.717, 1.165) is 4.88 Å². The Hall–Kier alpha value is -2.72. The molecule has 0 fully saturated rings. The minimum atomic E-state index is -3.74. The zero-order valence-electron chi connectivity index (χ0n) is 15.7. The van der Waals surface area contributed by atoms with Gasteiger partial charge in [-0.2, -0.15) is 0 Å². The molecule has 0 atom stereocenters. The standard InChI is InChI=1S/C20H16ClN3O4S2/c1-27-14-6-4-13(5-7-14)19-23-24-20(28-19)17-11-16(8-9-18(17)21)30(25,26)22-12-15-3-2-10-29-15/h2-11,22H,12H2,1H3. The molecule has 1 N–H and O–H groups in total. The van der Waals surface area contributed by atoms with E-state index in [4.69, 9.17) is 20.8 Å². The maximum atomic E-state index is 12.7. The Balaban J connectivity index is 1.61. The number of rotatable bonds is 7. The van der Waals surface area contributed by atoms with Crippen LogP contribution in [0.1, 0.15) is 4.88 Å². The lowest BCUT2D eigenvalue weighted by Gasteiger charge is -2.08. The molecule has 30 heavy (non-hydrogen) atoms. The number of sulfonamides is 1. The molecule has 2 aromatic carbocycles. The molecule has 0 aliphatic carbocycles. The third-order valence-electron chi connectivity index (χ3n) is 4.26. The molecule has 0 amide bonds. The molecule has 7 nitrogen and oxygen atoms in total. The highest BCUT2D eigenvalue weighted by Gasteiger charge is 2.19. The third kappa shape index (κ3) is 4.39. The zero-order valence-corrected chi connectivity index (χ0v) is 18.1. The fourth-order valence-electron chi connectivity index (χ4n) is 2.68. The van der Waals surface area contributed by atoms with Crippen LogP contribution >= 0.6 is 22.9 Å². The second kappa shape index (κ2) is 8.57. The monoisotopic (exact) mass is 461 g/mol. The molecule has 0 bridgehead atoms. The molecule has 2 heterocycles. The Morgan fingerprint density at radius 1 is 1.10 bits per heavy atom. The van der Waals surface area contributed by atoms with Crippen molar-refractivity contribution in [1.29, 1.82) is 0 Å². The van der Waals surface area contributed by atoms with Gasteiger partial charge in [-0.25, -0.2) is 13.1 Å². The van der Waals surface area contributed by atoms with E-state index in [1.807, 2.05) is 17.5 Å². The predicted molar refractivity (Wildman–Crippen MR) is 115 cm³/mol. The number of thiophene rings is 1. The van der Waals surface area contributed by atoms with E-state index in [1.165, 1.54) is 29.5 Å². The summed E-state index contributed by atoms with van der Waals surface area (Å²) in [6, 6.07) is 15.2. The first kappa shape index (κ1) is 20.5. The van der Waals surface area contributed by atoms with Gasteiger partial charge in [-0.1, -0.05) is 17.7 Å². The van der Waals surface area contributed by atoms with Crippen molar-refractivity contribution in [3.63, 3.8) is 0 Å². The highest BCUT2D eigenvalue weighted by molar-refractivity contribution is 7.89. The molecule has 0 spiro atoms. The number of hydrogen-bond acceptors (Lipinski definition) is 7. The van der Waals surface area contributed by atoms with Crippen LogP contribution in [0.3, 0.4) is 0 Å². The van der Waals surface area contributed by atoms with Crippen LogP contribution in [0.5, 0.6) is 5.75 Å². The van der Waals surface area contributed by atoms with E-state index in [-0.39, 0.29) is 23.2 Å². The first-order valence-electron chi connectivity index (χ1n) is 8.76. The number of methoxy groups -OCH3 is 1. The summed E-state index contributed by atoms with van der Waals surface area (Å²) in [5, 5.41) is 10.3. The second-order valence-corrected chi connectivity index (χ2v) is 9.39. The summed E-state index contributed by atoms with van der Waals surface area (Å²) < 4.78 is 38.8. The molecule has 10 heteroatoms. The van der Waals surface area contributed by atoms with Crippen LogP contribution in [-0.2, 0) is 16.6 Å².